The van der Waals surface area contributed by atoms with Crippen molar-refractivity contribution in [3.8, 4) is 0 Å². The standard InChI is InChI=1S/C34H67NO9/c1-3-5-6-7-8-9-10-11-12-13-14-15-16-17-18-19-20-21-22-23-29(38)35-26(30(39)27(37)4-2)25-43-34-33(42)32(41)31(40)28(24-36)44-34/h26-28,30-34,36-37,39-42H,3-25H2,1-2H3,(H,35,38)/t26-,27+,28+,30-,31-,32-,33+,34-/m0/s1. The molecule has 44 heavy (non-hydrogen) atoms. The lowest BCUT2D eigenvalue weighted by Crippen LogP contribution is -2.60. The van der Waals surface area contributed by atoms with Crippen molar-refractivity contribution in [3.63, 3.8) is 0 Å². The predicted molar refractivity (Wildman–Crippen MR) is 172 cm³/mol. The molecule has 1 aliphatic heterocycles. The van der Waals surface area contributed by atoms with E-state index < -0.39 is 55.6 Å². The van der Waals surface area contributed by atoms with Crippen LogP contribution in [0.2, 0.25) is 0 Å². The molecule has 10 nitrogen and oxygen atoms in total. The van der Waals surface area contributed by atoms with Gasteiger partial charge in [0.25, 0.3) is 0 Å². The third kappa shape index (κ3) is 17.7. The summed E-state index contributed by atoms with van der Waals surface area (Å²) in [6, 6.07) is -0.981. The summed E-state index contributed by atoms with van der Waals surface area (Å²) in [4.78, 5) is 12.6. The number of amides is 1. The zero-order valence-electron chi connectivity index (χ0n) is 27.8. The number of carbonyl (C=O) groups excluding carboxylic acids is 1. The minimum Gasteiger partial charge on any atom is -0.394 e. The Balaban J connectivity index is 2.15. The van der Waals surface area contributed by atoms with Crippen LogP contribution in [0, 0.1) is 0 Å². The van der Waals surface area contributed by atoms with Crippen LogP contribution in [-0.4, -0.2) is 98.7 Å². The number of nitrogens with one attached hydrogen (secondary N) is 1. The molecule has 0 aromatic rings. The summed E-state index contributed by atoms with van der Waals surface area (Å²) in [5, 5.41) is 62.9. The van der Waals surface area contributed by atoms with E-state index >= 15 is 0 Å². The molecule has 0 radical (unpaired) electrons. The Labute approximate surface area is 266 Å². The van der Waals surface area contributed by atoms with E-state index in [-0.39, 0.29) is 25.4 Å². The molecule has 1 aliphatic rings. The SMILES string of the molecule is CCCCCCCCCCCCCCCCCCCCCC(=O)N[C@@H](CO[C@H]1O[C@H](CO)[C@H](O)[C@H](O)[C@H]1O)[C@H](O)[C@H](O)CC. The molecule has 1 heterocycles. The molecule has 0 aromatic heterocycles. The zero-order valence-corrected chi connectivity index (χ0v) is 27.8. The minimum absolute atomic E-state index is 0.257. The normalized spacial score (nSPS) is 24.2. The van der Waals surface area contributed by atoms with Crippen molar-refractivity contribution < 1.29 is 44.9 Å². The van der Waals surface area contributed by atoms with Gasteiger partial charge in [0.1, 0.15) is 30.5 Å². The maximum absolute atomic E-state index is 12.6. The number of hydrogen-bond acceptors (Lipinski definition) is 9. The molecule has 1 amide bonds. The van der Waals surface area contributed by atoms with Crippen molar-refractivity contribution >= 4 is 5.91 Å². The van der Waals surface area contributed by atoms with Gasteiger partial charge < -0.3 is 45.4 Å². The third-order valence-electron chi connectivity index (χ3n) is 8.87. The maximum atomic E-state index is 12.6. The lowest BCUT2D eigenvalue weighted by atomic mass is 9.99. The van der Waals surface area contributed by atoms with Crippen LogP contribution in [0.1, 0.15) is 149 Å². The van der Waals surface area contributed by atoms with Crippen molar-refractivity contribution in [1.82, 2.24) is 5.32 Å². The second-order valence-corrected chi connectivity index (χ2v) is 12.8. The number of hydrogen-bond donors (Lipinski definition) is 7. The maximum Gasteiger partial charge on any atom is 0.220 e. The van der Waals surface area contributed by atoms with Gasteiger partial charge in [-0.15, -0.1) is 0 Å². The molecule has 0 bridgehead atoms. The molecule has 1 rings (SSSR count). The van der Waals surface area contributed by atoms with Crippen molar-refractivity contribution in [2.24, 2.45) is 0 Å². The fourth-order valence-corrected chi connectivity index (χ4v) is 5.78. The number of carbonyl (C=O) groups is 1. The summed E-state index contributed by atoms with van der Waals surface area (Å²) in [5.41, 5.74) is 0. The van der Waals surface area contributed by atoms with E-state index in [0.717, 1.165) is 25.7 Å². The molecule has 0 spiro atoms. The number of ether oxygens (including phenoxy) is 2. The largest absolute Gasteiger partial charge is 0.394 e. The van der Waals surface area contributed by atoms with Crippen LogP contribution in [0.5, 0.6) is 0 Å². The van der Waals surface area contributed by atoms with Crippen molar-refractivity contribution in [2.75, 3.05) is 13.2 Å². The van der Waals surface area contributed by atoms with Gasteiger partial charge in [-0.3, -0.25) is 4.79 Å². The van der Waals surface area contributed by atoms with Gasteiger partial charge >= 0.3 is 0 Å². The van der Waals surface area contributed by atoms with Crippen LogP contribution in [0.15, 0.2) is 0 Å². The summed E-state index contributed by atoms with van der Waals surface area (Å²) in [6.07, 6.45) is 15.1. The second kappa shape index (κ2) is 26.2. The highest BCUT2D eigenvalue weighted by molar-refractivity contribution is 5.76. The fraction of sp³-hybridized carbons (Fsp3) is 0.971. The molecule has 0 aromatic carbocycles. The first-order chi connectivity index (χ1) is 21.3. The predicted octanol–water partition coefficient (Wildman–Crippen LogP) is 4.24. The van der Waals surface area contributed by atoms with Crippen LogP contribution in [0.3, 0.4) is 0 Å². The number of aliphatic hydroxyl groups excluding tert-OH is 6. The van der Waals surface area contributed by atoms with Crippen molar-refractivity contribution in [3.05, 3.63) is 0 Å². The topological polar surface area (TPSA) is 169 Å². The average Bonchev–Trinajstić information content (AvgIpc) is 3.02. The number of aliphatic hydroxyl groups is 6. The van der Waals surface area contributed by atoms with E-state index in [4.69, 9.17) is 9.47 Å². The van der Waals surface area contributed by atoms with Gasteiger partial charge in [-0.05, 0) is 12.8 Å². The van der Waals surface area contributed by atoms with Gasteiger partial charge in [-0.25, -0.2) is 0 Å². The Morgan fingerprint density at radius 1 is 0.705 bits per heavy atom. The van der Waals surface area contributed by atoms with Gasteiger partial charge in [-0.2, -0.15) is 0 Å². The van der Waals surface area contributed by atoms with E-state index in [1.54, 1.807) is 6.92 Å². The van der Waals surface area contributed by atoms with Crippen LogP contribution >= 0.6 is 0 Å². The molecular formula is C34H67NO9. The Morgan fingerprint density at radius 2 is 1.16 bits per heavy atom. The van der Waals surface area contributed by atoms with E-state index in [1.807, 2.05) is 0 Å². The van der Waals surface area contributed by atoms with E-state index in [2.05, 4.69) is 12.2 Å². The lowest BCUT2D eigenvalue weighted by molar-refractivity contribution is -0.303. The van der Waals surface area contributed by atoms with Gasteiger partial charge in [0, 0.05) is 6.42 Å². The molecule has 10 heteroatoms. The number of unbranched alkanes of at least 4 members (excludes halogenated alkanes) is 18. The van der Waals surface area contributed by atoms with Gasteiger partial charge in [0.05, 0.1) is 25.4 Å². The molecular weight excluding hydrogens is 566 g/mol. The first-order valence-corrected chi connectivity index (χ1v) is 17.8. The molecule has 8 atom stereocenters. The minimum atomic E-state index is -1.60. The first-order valence-electron chi connectivity index (χ1n) is 17.8. The molecule has 0 aliphatic carbocycles. The van der Waals surface area contributed by atoms with Crippen LogP contribution in [-0.2, 0) is 14.3 Å². The monoisotopic (exact) mass is 633 g/mol. The van der Waals surface area contributed by atoms with Gasteiger partial charge in [0.15, 0.2) is 6.29 Å². The van der Waals surface area contributed by atoms with Crippen molar-refractivity contribution in [2.45, 2.75) is 198 Å². The Kier molecular flexibility index (Phi) is 24.6. The molecule has 262 valence electrons. The van der Waals surface area contributed by atoms with Crippen LogP contribution in [0.25, 0.3) is 0 Å². The highest BCUT2D eigenvalue weighted by Gasteiger charge is 2.44. The Bertz CT molecular complexity index is 683. The lowest BCUT2D eigenvalue weighted by Gasteiger charge is -2.40. The van der Waals surface area contributed by atoms with Crippen LogP contribution in [0.4, 0.5) is 0 Å². The summed E-state index contributed by atoms with van der Waals surface area (Å²) in [5.74, 6) is -0.276. The van der Waals surface area contributed by atoms with Gasteiger partial charge in [-0.1, -0.05) is 129 Å². The molecule has 1 saturated heterocycles. The average molecular weight is 634 g/mol. The highest BCUT2D eigenvalue weighted by Crippen LogP contribution is 2.22. The van der Waals surface area contributed by atoms with Gasteiger partial charge in [0.2, 0.25) is 5.91 Å². The Hall–Kier alpha value is -0.850. The fourth-order valence-electron chi connectivity index (χ4n) is 5.78. The number of rotatable bonds is 28. The van der Waals surface area contributed by atoms with E-state index in [0.29, 0.717) is 0 Å². The molecule has 0 saturated carbocycles. The summed E-state index contributed by atoms with van der Waals surface area (Å²) >= 11 is 0. The van der Waals surface area contributed by atoms with Crippen LogP contribution < -0.4 is 5.32 Å². The zero-order chi connectivity index (χ0) is 32.6. The van der Waals surface area contributed by atoms with E-state index in [1.165, 1.54) is 96.3 Å². The molecule has 1 fully saturated rings. The molecule has 7 N–H and O–H groups in total. The summed E-state index contributed by atoms with van der Waals surface area (Å²) in [7, 11) is 0. The molecule has 0 unspecified atom stereocenters. The quantitative estimate of drug-likeness (QED) is 0.0623. The van der Waals surface area contributed by atoms with E-state index in [9.17, 15) is 35.4 Å². The third-order valence-corrected chi connectivity index (χ3v) is 8.87. The second-order valence-electron chi connectivity index (χ2n) is 12.8. The smallest absolute Gasteiger partial charge is 0.220 e. The first kappa shape index (κ1) is 41.2. The van der Waals surface area contributed by atoms with Crippen molar-refractivity contribution in [1.29, 1.82) is 0 Å². The summed E-state index contributed by atoms with van der Waals surface area (Å²) in [6.45, 7) is 3.05. The summed E-state index contributed by atoms with van der Waals surface area (Å²) < 4.78 is 10.9. The Morgan fingerprint density at radius 3 is 1.59 bits per heavy atom. The highest BCUT2D eigenvalue weighted by atomic mass is 16.7.